The zero-order valence-corrected chi connectivity index (χ0v) is 35.5. The van der Waals surface area contributed by atoms with Crippen molar-refractivity contribution < 1.29 is 0 Å². The van der Waals surface area contributed by atoms with E-state index in [0.29, 0.717) is 0 Å². The lowest BCUT2D eigenvalue weighted by Gasteiger charge is -2.46. The van der Waals surface area contributed by atoms with E-state index in [1.165, 1.54) is 88.7 Å². The Labute approximate surface area is 370 Å². The van der Waals surface area contributed by atoms with Gasteiger partial charge in [-0.25, -0.2) is 0 Å². The van der Waals surface area contributed by atoms with Gasteiger partial charge in [-0.15, -0.1) is 0 Å². The maximum Gasteiger partial charge on any atom is 0.0719 e. The van der Waals surface area contributed by atoms with Crippen LogP contribution in [-0.4, -0.2) is 0 Å². The van der Waals surface area contributed by atoms with E-state index in [9.17, 15) is 0 Å². The summed E-state index contributed by atoms with van der Waals surface area (Å²) < 4.78 is 0. The first-order chi connectivity index (χ1) is 31.0. The van der Waals surface area contributed by atoms with Crippen molar-refractivity contribution in [1.29, 1.82) is 0 Å². The van der Waals surface area contributed by atoms with E-state index in [4.69, 9.17) is 0 Å². The van der Waals surface area contributed by atoms with Gasteiger partial charge >= 0.3 is 0 Å². The van der Waals surface area contributed by atoms with Gasteiger partial charge in [0.05, 0.1) is 11.1 Å². The van der Waals surface area contributed by atoms with Crippen LogP contribution in [0, 0.1) is 0 Å². The second-order valence-corrected chi connectivity index (χ2v) is 17.6. The molecule has 10 aromatic carbocycles. The Balaban J connectivity index is 1.07. The topological polar surface area (TPSA) is 3.24 Å². The SMILES string of the molecule is CC1(C)c2ccccc2C2(c3ccccc3-c3c(-c4ccc(N(c5ccc(-c6ccccc6)cc5)c5ccc(-c6ccccc6)cc5)c5ccccc45)cccc32)c2ccccc21. The molecule has 0 saturated carbocycles. The minimum absolute atomic E-state index is 0.143. The van der Waals surface area contributed by atoms with Gasteiger partial charge in [0.15, 0.2) is 0 Å². The quantitative estimate of drug-likeness (QED) is 0.162. The van der Waals surface area contributed by atoms with Crippen LogP contribution >= 0.6 is 0 Å². The Morgan fingerprint density at radius 3 is 1.29 bits per heavy atom. The molecule has 0 unspecified atom stereocenters. The first-order valence-corrected chi connectivity index (χ1v) is 22.1. The maximum atomic E-state index is 2.42. The summed E-state index contributed by atoms with van der Waals surface area (Å²) in [5.41, 5.74) is 20.9. The molecule has 1 spiro atoms. The van der Waals surface area contributed by atoms with E-state index < -0.39 is 5.41 Å². The van der Waals surface area contributed by atoms with E-state index in [-0.39, 0.29) is 5.41 Å². The third kappa shape index (κ3) is 5.56. The van der Waals surface area contributed by atoms with Crippen molar-refractivity contribution >= 4 is 27.8 Å². The lowest BCUT2D eigenvalue weighted by Crippen LogP contribution is -2.40. The molecule has 1 heteroatoms. The zero-order valence-electron chi connectivity index (χ0n) is 35.5. The highest BCUT2D eigenvalue weighted by atomic mass is 15.1. The molecule has 0 heterocycles. The van der Waals surface area contributed by atoms with Crippen LogP contribution in [-0.2, 0) is 10.8 Å². The summed E-state index contributed by atoms with van der Waals surface area (Å²) >= 11 is 0. The minimum atomic E-state index is -0.449. The second kappa shape index (κ2) is 14.4. The third-order valence-electron chi connectivity index (χ3n) is 14.0. The van der Waals surface area contributed by atoms with E-state index in [1.54, 1.807) is 0 Å². The molecular formula is C62H45N. The first-order valence-electron chi connectivity index (χ1n) is 22.1. The van der Waals surface area contributed by atoms with Gasteiger partial charge in [0.2, 0.25) is 0 Å². The summed E-state index contributed by atoms with van der Waals surface area (Å²) in [5.74, 6) is 0. The molecule has 0 N–H and O–H groups in total. The van der Waals surface area contributed by atoms with Crippen molar-refractivity contribution in [3.63, 3.8) is 0 Å². The number of rotatable bonds is 6. The van der Waals surface area contributed by atoms with Gasteiger partial charge < -0.3 is 4.90 Å². The predicted molar refractivity (Wildman–Crippen MR) is 264 cm³/mol. The summed E-state index contributed by atoms with van der Waals surface area (Å²) in [7, 11) is 0. The summed E-state index contributed by atoms with van der Waals surface area (Å²) in [4.78, 5) is 2.42. The van der Waals surface area contributed by atoms with Crippen LogP contribution in [0.25, 0.3) is 55.3 Å². The fourth-order valence-corrected chi connectivity index (χ4v) is 11.1. The fraction of sp³-hybridized carbons (Fsp3) is 0.0645. The molecule has 12 rings (SSSR count). The standard InChI is InChI=1S/C62H45N/c1-61(2)54-27-13-15-29-56(54)62(57-30-16-14-28-55(57)61)53-26-12-11-24-52(53)60-51(25-17-31-58(60)62)49-40-41-59(50-23-10-9-22-48(49)50)63(46-36-32-44(33-37-46)42-18-5-3-6-19-42)47-38-34-45(35-39-47)43-20-7-4-8-21-43/h3-41H,1-2H3. The van der Waals surface area contributed by atoms with Crippen molar-refractivity contribution in [3.05, 3.63) is 270 Å². The Morgan fingerprint density at radius 1 is 0.286 bits per heavy atom. The largest absolute Gasteiger partial charge is 0.310 e. The van der Waals surface area contributed by atoms with E-state index in [0.717, 1.165) is 17.1 Å². The van der Waals surface area contributed by atoms with Gasteiger partial charge in [0.25, 0.3) is 0 Å². The smallest absolute Gasteiger partial charge is 0.0719 e. The van der Waals surface area contributed by atoms with Crippen LogP contribution in [0.15, 0.2) is 237 Å². The van der Waals surface area contributed by atoms with Gasteiger partial charge in [-0.2, -0.15) is 0 Å². The molecule has 298 valence electrons. The average molecular weight is 804 g/mol. The van der Waals surface area contributed by atoms with Crippen LogP contribution in [0.5, 0.6) is 0 Å². The Bertz CT molecular complexity index is 3210. The summed E-state index contributed by atoms with van der Waals surface area (Å²) in [6.07, 6.45) is 0. The van der Waals surface area contributed by atoms with E-state index in [2.05, 4.69) is 255 Å². The van der Waals surface area contributed by atoms with Crippen molar-refractivity contribution in [2.45, 2.75) is 24.7 Å². The highest BCUT2D eigenvalue weighted by Crippen LogP contribution is 2.63. The second-order valence-electron chi connectivity index (χ2n) is 17.6. The van der Waals surface area contributed by atoms with Crippen molar-refractivity contribution in [1.82, 2.24) is 0 Å². The van der Waals surface area contributed by atoms with Crippen LogP contribution in [0.3, 0.4) is 0 Å². The number of nitrogens with zero attached hydrogens (tertiary/aromatic N) is 1. The van der Waals surface area contributed by atoms with E-state index in [1.807, 2.05) is 0 Å². The lowest BCUT2D eigenvalue weighted by molar-refractivity contribution is 0.563. The van der Waals surface area contributed by atoms with Crippen LogP contribution in [0.4, 0.5) is 17.1 Å². The zero-order chi connectivity index (χ0) is 42.1. The number of hydrogen-bond donors (Lipinski definition) is 0. The molecule has 0 aliphatic heterocycles. The highest BCUT2D eigenvalue weighted by Gasteiger charge is 2.53. The summed E-state index contributed by atoms with van der Waals surface area (Å²) in [6.45, 7) is 4.78. The van der Waals surface area contributed by atoms with Crippen LogP contribution in [0.1, 0.15) is 47.2 Å². The molecular weight excluding hydrogens is 759 g/mol. The molecule has 2 aliphatic carbocycles. The lowest BCUT2D eigenvalue weighted by atomic mass is 9.55. The molecule has 0 atom stereocenters. The van der Waals surface area contributed by atoms with Gasteiger partial charge in [-0.05, 0) is 114 Å². The molecule has 63 heavy (non-hydrogen) atoms. The monoisotopic (exact) mass is 803 g/mol. The molecule has 0 bridgehead atoms. The van der Waals surface area contributed by atoms with E-state index >= 15 is 0 Å². The molecule has 2 aliphatic rings. The Hall–Kier alpha value is -7.74. The van der Waals surface area contributed by atoms with Gasteiger partial charge in [-0.3, -0.25) is 0 Å². The molecule has 1 nitrogen and oxygen atoms in total. The third-order valence-corrected chi connectivity index (χ3v) is 14.0. The van der Waals surface area contributed by atoms with Crippen molar-refractivity contribution in [2.24, 2.45) is 0 Å². The molecule has 0 aromatic heterocycles. The maximum absolute atomic E-state index is 2.42. The number of hydrogen-bond acceptors (Lipinski definition) is 1. The summed E-state index contributed by atoms with van der Waals surface area (Å²) in [5, 5.41) is 2.42. The number of anilines is 3. The Kier molecular flexibility index (Phi) is 8.49. The first kappa shape index (κ1) is 37.1. The normalized spacial score (nSPS) is 13.8. The van der Waals surface area contributed by atoms with Gasteiger partial charge in [-0.1, -0.05) is 220 Å². The molecule has 0 saturated heterocycles. The summed E-state index contributed by atoms with van der Waals surface area (Å²) in [6, 6.07) is 87.6. The molecule has 0 fully saturated rings. The Morgan fingerprint density at radius 2 is 0.714 bits per heavy atom. The molecule has 0 radical (unpaired) electrons. The predicted octanol–water partition coefficient (Wildman–Crippen LogP) is 16.3. The number of benzene rings is 10. The van der Waals surface area contributed by atoms with Crippen LogP contribution in [0.2, 0.25) is 0 Å². The van der Waals surface area contributed by atoms with Crippen LogP contribution < -0.4 is 4.90 Å². The molecule has 10 aromatic rings. The minimum Gasteiger partial charge on any atom is -0.310 e. The van der Waals surface area contributed by atoms with Gasteiger partial charge in [0, 0.05) is 22.2 Å². The van der Waals surface area contributed by atoms with Crippen molar-refractivity contribution in [2.75, 3.05) is 4.90 Å². The van der Waals surface area contributed by atoms with Gasteiger partial charge in [0.1, 0.15) is 0 Å². The molecule has 0 amide bonds. The average Bonchev–Trinajstić information content (AvgIpc) is 3.66. The van der Waals surface area contributed by atoms with Crippen molar-refractivity contribution in [3.8, 4) is 44.5 Å². The fourth-order valence-electron chi connectivity index (χ4n) is 11.1. The number of fused-ring (bicyclic) bond motifs is 10. The highest BCUT2D eigenvalue weighted by molar-refractivity contribution is 6.09.